The van der Waals surface area contributed by atoms with Crippen LogP contribution in [0.1, 0.15) is 42.2 Å². The van der Waals surface area contributed by atoms with E-state index in [2.05, 4.69) is 11.1 Å². The summed E-state index contributed by atoms with van der Waals surface area (Å²) in [5, 5.41) is 10.5. The summed E-state index contributed by atoms with van der Waals surface area (Å²) in [6.45, 7) is 7.99. The Morgan fingerprint density at radius 1 is 0.950 bits per heavy atom. The van der Waals surface area contributed by atoms with Gasteiger partial charge in [-0.2, -0.15) is 0 Å². The molecule has 0 bridgehead atoms. The van der Waals surface area contributed by atoms with Crippen molar-refractivity contribution < 1.29 is 9.84 Å². The average Bonchev–Trinajstić information content (AvgIpc) is 2.36. The van der Waals surface area contributed by atoms with Crippen LogP contribution in [0.2, 0.25) is 0 Å². The van der Waals surface area contributed by atoms with Gasteiger partial charge in [-0.15, -0.1) is 0 Å². The van der Waals surface area contributed by atoms with Gasteiger partial charge in [0.15, 0.2) is 0 Å². The van der Waals surface area contributed by atoms with E-state index in [1.54, 1.807) is 12.4 Å². The average molecular weight is 271 g/mol. The Balaban J connectivity index is 2.30. The number of aryl methyl sites for hydroxylation is 2. The van der Waals surface area contributed by atoms with Crippen LogP contribution >= 0.6 is 0 Å². The molecule has 3 heteroatoms. The molecule has 0 aliphatic carbocycles. The molecule has 0 spiro atoms. The van der Waals surface area contributed by atoms with Crippen molar-refractivity contribution in [3.63, 3.8) is 0 Å². The van der Waals surface area contributed by atoms with Crippen LogP contribution in [-0.4, -0.2) is 16.2 Å². The lowest BCUT2D eigenvalue weighted by atomic mass is 9.99. The predicted molar refractivity (Wildman–Crippen MR) is 80.0 cm³/mol. The van der Waals surface area contributed by atoms with Crippen molar-refractivity contribution in [2.24, 2.45) is 0 Å². The maximum Gasteiger partial charge on any atom is 0.138 e. The van der Waals surface area contributed by atoms with Gasteiger partial charge in [-0.1, -0.05) is 29.3 Å². The molecule has 2 rings (SSSR count). The zero-order valence-electron chi connectivity index (χ0n) is 12.4. The van der Waals surface area contributed by atoms with Gasteiger partial charge in [0, 0.05) is 11.8 Å². The Hall–Kier alpha value is -1.87. The Kier molecular flexibility index (Phi) is 4.40. The molecule has 0 saturated carbocycles. The van der Waals surface area contributed by atoms with Crippen molar-refractivity contribution in [1.82, 2.24) is 4.98 Å². The van der Waals surface area contributed by atoms with E-state index in [4.69, 9.17) is 4.74 Å². The third-order valence-corrected chi connectivity index (χ3v) is 2.98. The molecule has 0 aliphatic heterocycles. The van der Waals surface area contributed by atoms with E-state index in [9.17, 15) is 5.11 Å². The number of hydrogen-bond acceptors (Lipinski definition) is 3. The van der Waals surface area contributed by atoms with Gasteiger partial charge >= 0.3 is 0 Å². The van der Waals surface area contributed by atoms with Crippen molar-refractivity contribution in [3.8, 4) is 5.75 Å². The van der Waals surface area contributed by atoms with Gasteiger partial charge in [0.2, 0.25) is 0 Å². The van der Waals surface area contributed by atoms with E-state index in [0.717, 1.165) is 22.3 Å². The van der Waals surface area contributed by atoms with Crippen LogP contribution in [0.5, 0.6) is 5.75 Å². The van der Waals surface area contributed by atoms with Crippen LogP contribution in [0, 0.1) is 13.8 Å². The summed E-state index contributed by atoms with van der Waals surface area (Å²) in [5.74, 6) is 0.681. The second-order valence-corrected chi connectivity index (χ2v) is 5.44. The number of aliphatic hydroxyl groups is 1. The smallest absolute Gasteiger partial charge is 0.138 e. The third-order valence-electron chi connectivity index (χ3n) is 2.98. The standard InChI is InChI=1S/C17H21NO2/c1-11(2)20-16-8-15(9-18-10-16)17(19)14-6-12(3)5-13(4)7-14/h5-11,17,19H,1-4H3. The van der Waals surface area contributed by atoms with Crippen molar-refractivity contribution in [2.45, 2.75) is 39.9 Å². The molecule has 20 heavy (non-hydrogen) atoms. The number of pyridine rings is 1. The van der Waals surface area contributed by atoms with E-state index < -0.39 is 6.10 Å². The van der Waals surface area contributed by atoms with E-state index in [1.807, 2.05) is 45.9 Å². The zero-order chi connectivity index (χ0) is 14.7. The Labute approximate surface area is 120 Å². The lowest BCUT2D eigenvalue weighted by molar-refractivity contribution is 0.215. The number of aliphatic hydroxyl groups excluding tert-OH is 1. The molecule has 1 atom stereocenters. The van der Waals surface area contributed by atoms with Crippen LogP contribution in [0.4, 0.5) is 0 Å². The lowest BCUT2D eigenvalue weighted by Gasteiger charge is -2.15. The fourth-order valence-corrected chi connectivity index (χ4v) is 2.28. The molecule has 1 heterocycles. The fraction of sp³-hybridized carbons (Fsp3) is 0.353. The minimum absolute atomic E-state index is 0.0883. The first-order chi connectivity index (χ1) is 9.45. The number of ether oxygens (including phenoxy) is 1. The van der Waals surface area contributed by atoms with Crippen molar-refractivity contribution in [3.05, 3.63) is 58.9 Å². The van der Waals surface area contributed by atoms with Gasteiger partial charge in [0.05, 0.1) is 12.3 Å². The molecule has 1 aromatic carbocycles. The Bertz CT molecular complexity index is 573. The fourth-order valence-electron chi connectivity index (χ4n) is 2.28. The molecular formula is C17H21NO2. The van der Waals surface area contributed by atoms with Crippen LogP contribution in [0.15, 0.2) is 36.7 Å². The van der Waals surface area contributed by atoms with E-state index in [0.29, 0.717) is 5.75 Å². The Morgan fingerprint density at radius 2 is 1.60 bits per heavy atom. The highest BCUT2D eigenvalue weighted by Crippen LogP contribution is 2.26. The maximum absolute atomic E-state index is 10.5. The summed E-state index contributed by atoms with van der Waals surface area (Å²) in [7, 11) is 0. The quantitative estimate of drug-likeness (QED) is 0.924. The van der Waals surface area contributed by atoms with Crippen molar-refractivity contribution in [2.75, 3.05) is 0 Å². The predicted octanol–water partition coefficient (Wildman–Crippen LogP) is 3.57. The first kappa shape index (κ1) is 14.5. The first-order valence-electron chi connectivity index (χ1n) is 6.83. The summed E-state index contributed by atoms with van der Waals surface area (Å²) in [5.41, 5.74) is 3.90. The van der Waals surface area contributed by atoms with Gasteiger partial charge in [0.25, 0.3) is 0 Å². The topological polar surface area (TPSA) is 42.4 Å². The van der Waals surface area contributed by atoms with Crippen molar-refractivity contribution in [1.29, 1.82) is 0 Å². The first-order valence-corrected chi connectivity index (χ1v) is 6.83. The highest BCUT2D eigenvalue weighted by molar-refractivity contribution is 5.36. The summed E-state index contributed by atoms with van der Waals surface area (Å²) in [6, 6.07) is 7.92. The van der Waals surface area contributed by atoms with Crippen LogP contribution in [0.3, 0.4) is 0 Å². The minimum atomic E-state index is -0.684. The van der Waals surface area contributed by atoms with Gasteiger partial charge in [-0.3, -0.25) is 4.98 Å². The monoisotopic (exact) mass is 271 g/mol. The number of rotatable bonds is 4. The molecule has 2 aromatic rings. The molecule has 0 radical (unpaired) electrons. The van der Waals surface area contributed by atoms with Gasteiger partial charge in [0.1, 0.15) is 11.9 Å². The molecule has 0 saturated heterocycles. The van der Waals surface area contributed by atoms with Crippen LogP contribution < -0.4 is 4.74 Å². The summed E-state index contributed by atoms with van der Waals surface area (Å²) < 4.78 is 5.61. The number of benzene rings is 1. The van der Waals surface area contributed by atoms with Gasteiger partial charge < -0.3 is 9.84 Å². The lowest BCUT2D eigenvalue weighted by Crippen LogP contribution is -2.07. The second kappa shape index (κ2) is 6.06. The highest BCUT2D eigenvalue weighted by atomic mass is 16.5. The highest BCUT2D eigenvalue weighted by Gasteiger charge is 2.13. The van der Waals surface area contributed by atoms with Crippen LogP contribution in [0.25, 0.3) is 0 Å². The van der Waals surface area contributed by atoms with E-state index >= 15 is 0 Å². The molecule has 0 fully saturated rings. The summed E-state index contributed by atoms with van der Waals surface area (Å²) in [4.78, 5) is 4.14. The third kappa shape index (κ3) is 3.58. The Morgan fingerprint density at radius 3 is 2.20 bits per heavy atom. The largest absolute Gasteiger partial charge is 0.489 e. The molecule has 1 N–H and O–H groups in total. The summed E-state index contributed by atoms with van der Waals surface area (Å²) >= 11 is 0. The van der Waals surface area contributed by atoms with E-state index in [-0.39, 0.29) is 6.10 Å². The molecule has 106 valence electrons. The van der Waals surface area contributed by atoms with Crippen molar-refractivity contribution >= 4 is 0 Å². The van der Waals surface area contributed by atoms with E-state index in [1.165, 1.54) is 0 Å². The molecule has 0 amide bonds. The second-order valence-electron chi connectivity index (χ2n) is 5.44. The van der Waals surface area contributed by atoms with Crippen LogP contribution in [-0.2, 0) is 0 Å². The number of nitrogens with zero attached hydrogens (tertiary/aromatic N) is 1. The SMILES string of the molecule is Cc1cc(C)cc(C(O)c2cncc(OC(C)C)c2)c1. The molecule has 3 nitrogen and oxygen atoms in total. The molecular weight excluding hydrogens is 250 g/mol. The van der Waals surface area contributed by atoms with Gasteiger partial charge in [-0.25, -0.2) is 0 Å². The normalized spacial score (nSPS) is 12.5. The molecule has 1 aromatic heterocycles. The van der Waals surface area contributed by atoms with Gasteiger partial charge in [-0.05, 0) is 39.3 Å². The summed E-state index contributed by atoms with van der Waals surface area (Å²) in [6.07, 6.45) is 2.75. The zero-order valence-corrected chi connectivity index (χ0v) is 12.4. The molecule has 1 unspecified atom stereocenters. The number of hydrogen-bond donors (Lipinski definition) is 1. The minimum Gasteiger partial charge on any atom is -0.489 e. The molecule has 0 aliphatic rings. The maximum atomic E-state index is 10.5. The number of aromatic nitrogens is 1.